The van der Waals surface area contributed by atoms with Crippen molar-refractivity contribution in [2.45, 2.75) is 43.5 Å². The third-order valence-corrected chi connectivity index (χ3v) is 4.30. The van der Waals surface area contributed by atoms with Crippen LogP contribution in [0.5, 0.6) is 0 Å². The van der Waals surface area contributed by atoms with Crippen LogP contribution in [0.25, 0.3) is 0 Å². The second kappa shape index (κ2) is 8.65. The fourth-order valence-electron chi connectivity index (χ4n) is 2.01. The van der Waals surface area contributed by atoms with E-state index in [-0.39, 0.29) is 5.69 Å². The van der Waals surface area contributed by atoms with Crippen LogP contribution in [0, 0.1) is 21.4 Å². The van der Waals surface area contributed by atoms with E-state index in [1.165, 1.54) is 12.1 Å². The van der Waals surface area contributed by atoms with E-state index >= 15 is 0 Å². The smallest absolute Gasteiger partial charge is 0.269 e. The van der Waals surface area contributed by atoms with Crippen LogP contribution in [0.1, 0.15) is 33.1 Å². The molecule has 0 aliphatic rings. The summed E-state index contributed by atoms with van der Waals surface area (Å²) in [6.07, 6.45) is 2.83. The van der Waals surface area contributed by atoms with Gasteiger partial charge in [0, 0.05) is 17.0 Å². The molecule has 0 heterocycles. The molecular formula is C15H21N3O2S. The standard InChI is InChI=1S/C15H21N3O2S/c1-3-17-15(2,12-16)10-4-5-11-21-14-8-6-13(7-9-14)18(19)20/h6-9,17H,3-5,10-11H2,1-2H3. The second-order valence-electron chi connectivity index (χ2n) is 5.03. The first-order chi connectivity index (χ1) is 10.0. The largest absolute Gasteiger partial charge is 0.300 e. The van der Waals surface area contributed by atoms with Gasteiger partial charge in [-0.15, -0.1) is 11.8 Å². The molecule has 1 unspecified atom stereocenters. The van der Waals surface area contributed by atoms with Gasteiger partial charge >= 0.3 is 0 Å². The topological polar surface area (TPSA) is 79.0 Å². The predicted molar refractivity (Wildman–Crippen MR) is 85.4 cm³/mol. The van der Waals surface area contributed by atoms with Gasteiger partial charge in [0.1, 0.15) is 5.54 Å². The van der Waals surface area contributed by atoms with Crippen LogP contribution < -0.4 is 5.32 Å². The Morgan fingerprint density at radius 1 is 1.38 bits per heavy atom. The van der Waals surface area contributed by atoms with Gasteiger partial charge < -0.3 is 0 Å². The number of nitriles is 1. The number of hydrogen-bond donors (Lipinski definition) is 1. The van der Waals surface area contributed by atoms with Crippen LogP contribution in [-0.4, -0.2) is 22.8 Å². The summed E-state index contributed by atoms with van der Waals surface area (Å²) >= 11 is 1.69. The molecule has 21 heavy (non-hydrogen) atoms. The van der Waals surface area contributed by atoms with Crippen molar-refractivity contribution in [2.75, 3.05) is 12.3 Å². The van der Waals surface area contributed by atoms with Crippen molar-refractivity contribution in [3.8, 4) is 6.07 Å². The minimum Gasteiger partial charge on any atom is -0.300 e. The van der Waals surface area contributed by atoms with Crippen LogP contribution in [0.3, 0.4) is 0 Å². The molecule has 114 valence electrons. The molecule has 0 bridgehead atoms. The Bertz CT molecular complexity index is 499. The van der Waals surface area contributed by atoms with Crippen molar-refractivity contribution in [1.82, 2.24) is 5.32 Å². The summed E-state index contributed by atoms with van der Waals surface area (Å²) in [6, 6.07) is 8.94. The molecule has 1 aromatic carbocycles. The van der Waals surface area contributed by atoms with Gasteiger partial charge in [-0.2, -0.15) is 5.26 Å². The van der Waals surface area contributed by atoms with E-state index in [1.54, 1.807) is 23.9 Å². The number of nitro benzene ring substituents is 1. The highest BCUT2D eigenvalue weighted by Crippen LogP contribution is 2.23. The fourth-order valence-corrected chi connectivity index (χ4v) is 2.92. The highest BCUT2D eigenvalue weighted by atomic mass is 32.2. The van der Waals surface area contributed by atoms with Gasteiger partial charge in [0.2, 0.25) is 0 Å². The lowest BCUT2D eigenvalue weighted by molar-refractivity contribution is -0.384. The van der Waals surface area contributed by atoms with E-state index in [4.69, 9.17) is 5.26 Å². The number of rotatable bonds is 9. The maximum Gasteiger partial charge on any atom is 0.269 e. The maximum atomic E-state index is 10.6. The molecule has 0 saturated heterocycles. The molecule has 1 aromatic rings. The summed E-state index contributed by atoms with van der Waals surface area (Å²) < 4.78 is 0. The summed E-state index contributed by atoms with van der Waals surface area (Å²) in [5, 5.41) is 22.9. The quantitative estimate of drug-likeness (QED) is 0.325. The van der Waals surface area contributed by atoms with Gasteiger partial charge in [0.25, 0.3) is 5.69 Å². The molecule has 1 N–H and O–H groups in total. The third-order valence-electron chi connectivity index (χ3n) is 3.20. The molecule has 6 heteroatoms. The normalized spacial score (nSPS) is 13.4. The summed E-state index contributed by atoms with van der Waals surface area (Å²) in [6.45, 7) is 4.72. The highest BCUT2D eigenvalue weighted by molar-refractivity contribution is 7.99. The number of thioether (sulfide) groups is 1. The van der Waals surface area contributed by atoms with Gasteiger partial charge in [0.05, 0.1) is 11.0 Å². The minimum absolute atomic E-state index is 0.120. The van der Waals surface area contributed by atoms with Crippen LogP contribution in [0.4, 0.5) is 5.69 Å². The molecule has 0 spiro atoms. The van der Waals surface area contributed by atoms with E-state index in [1.807, 2.05) is 13.8 Å². The molecule has 0 aliphatic carbocycles. The maximum absolute atomic E-state index is 10.6. The van der Waals surface area contributed by atoms with E-state index in [2.05, 4.69) is 11.4 Å². The Kier molecular flexibility index (Phi) is 7.20. The Balaban J connectivity index is 2.28. The van der Waals surface area contributed by atoms with Crippen molar-refractivity contribution < 1.29 is 4.92 Å². The molecule has 0 aromatic heterocycles. The van der Waals surface area contributed by atoms with Crippen molar-refractivity contribution >= 4 is 17.4 Å². The zero-order chi connectivity index (χ0) is 15.7. The first kappa shape index (κ1) is 17.5. The summed E-state index contributed by atoms with van der Waals surface area (Å²) in [4.78, 5) is 11.2. The fraction of sp³-hybridized carbons (Fsp3) is 0.533. The second-order valence-corrected chi connectivity index (χ2v) is 6.20. The van der Waals surface area contributed by atoms with Gasteiger partial charge in [0.15, 0.2) is 0 Å². The minimum atomic E-state index is -0.438. The first-order valence-corrected chi connectivity index (χ1v) is 8.03. The number of non-ortho nitro benzene ring substituents is 1. The van der Waals surface area contributed by atoms with E-state index in [0.717, 1.165) is 36.5 Å². The van der Waals surface area contributed by atoms with E-state index in [0.29, 0.717) is 0 Å². The van der Waals surface area contributed by atoms with Crippen LogP contribution in [0.15, 0.2) is 29.2 Å². The average molecular weight is 307 g/mol. The lowest BCUT2D eigenvalue weighted by atomic mass is 9.97. The number of hydrogen-bond acceptors (Lipinski definition) is 5. The Morgan fingerprint density at radius 2 is 2.05 bits per heavy atom. The lowest BCUT2D eigenvalue weighted by Gasteiger charge is -2.22. The number of nitro groups is 1. The number of unbranched alkanes of at least 4 members (excludes halogenated alkanes) is 1. The van der Waals surface area contributed by atoms with Crippen LogP contribution >= 0.6 is 11.8 Å². The zero-order valence-electron chi connectivity index (χ0n) is 12.5. The summed E-state index contributed by atoms with van der Waals surface area (Å²) in [5.74, 6) is 0.950. The van der Waals surface area contributed by atoms with Crippen molar-refractivity contribution in [3.05, 3.63) is 34.4 Å². The van der Waals surface area contributed by atoms with Gasteiger partial charge in [-0.25, -0.2) is 0 Å². The predicted octanol–water partition coefficient (Wildman–Crippen LogP) is 3.75. The number of nitrogens with one attached hydrogen (secondary N) is 1. The van der Waals surface area contributed by atoms with Crippen molar-refractivity contribution in [1.29, 1.82) is 5.26 Å². The van der Waals surface area contributed by atoms with Gasteiger partial charge in [-0.05, 0) is 50.6 Å². The van der Waals surface area contributed by atoms with Crippen molar-refractivity contribution in [3.63, 3.8) is 0 Å². The van der Waals surface area contributed by atoms with Crippen molar-refractivity contribution in [2.24, 2.45) is 0 Å². The molecular weight excluding hydrogens is 286 g/mol. The molecule has 1 rings (SSSR count). The SMILES string of the molecule is CCNC(C)(C#N)CCCCSc1ccc([N+](=O)[O-])cc1. The molecule has 0 fully saturated rings. The molecule has 5 nitrogen and oxygen atoms in total. The molecule has 0 amide bonds. The van der Waals surface area contributed by atoms with Crippen LogP contribution in [0.2, 0.25) is 0 Å². The molecule has 1 atom stereocenters. The summed E-state index contributed by atoms with van der Waals surface area (Å²) in [5.41, 5.74) is -0.318. The Labute approximate surface area is 129 Å². The average Bonchev–Trinajstić information content (AvgIpc) is 2.47. The molecule has 0 aliphatic heterocycles. The molecule has 0 radical (unpaired) electrons. The van der Waals surface area contributed by atoms with E-state index < -0.39 is 10.5 Å². The van der Waals surface area contributed by atoms with Gasteiger partial charge in [-0.1, -0.05) is 6.92 Å². The Hall–Kier alpha value is -1.58. The monoisotopic (exact) mass is 307 g/mol. The zero-order valence-corrected chi connectivity index (χ0v) is 13.3. The van der Waals surface area contributed by atoms with Gasteiger partial charge in [-0.3, -0.25) is 15.4 Å². The summed E-state index contributed by atoms with van der Waals surface area (Å²) in [7, 11) is 0. The number of benzene rings is 1. The van der Waals surface area contributed by atoms with Crippen LogP contribution in [-0.2, 0) is 0 Å². The van der Waals surface area contributed by atoms with E-state index in [9.17, 15) is 10.1 Å². The Morgan fingerprint density at radius 3 is 2.57 bits per heavy atom. The molecule has 0 saturated carbocycles. The number of nitrogens with zero attached hydrogens (tertiary/aromatic N) is 2. The third kappa shape index (κ3) is 6.15. The first-order valence-electron chi connectivity index (χ1n) is 7.04. The lowest BCUT2D eigenvalue weighted by Crippen LogP contribution is -2.40. The highest BCUT2D eigenvalue weighted by Gasteiger charge is 2.21.